The van der Waals surface area contributed by atoms with Crippen LogP contribution in [-0.2, 0) is 0 Å². The Kier molecular flexibility index (Phi) is 5.34. The topological polar surface area (TPSA) is 12.0 Å². The fraction of sp³-hybridized carbons (Fsp3) is 0.250. The molecule has 106 valence electrons. The van der Waals surface area contributed by atoms with Gasteiger partial charge in [0.1, 0.15) is 0 Å². The molecule has 2 rings (SSSR count). The van der Waals surface area contributed by atoms with E-state index in [0.717, 1.165) is 16.1 Å². The van der Waals surface area contributed by atoms with Crippen molar-refractivity contribution in [2.45, 2.75) is 25.9 Å². The van der Waals surface area contributed by atoms with Gasteiger partial charge in [-0.2, -0.15) is 0 Å². The van der Waals surface area contributed by atoms with Crippen molar-refractivity contribution in [2.24, 2.45) is 0 Å². The van der Waals surface area contributed by atoms with Gasteiger partial charge in [-0.15, -0.1) is 0 Å². The summed E-state index contributed by atoms with van der Waals surface area (Å²) in [5.74, 6) is 0. The van der Waals surface area contributed by atoms with E-state index in [1.54, 1.807) is 6.07 Å². The van der Waals surface area contributed by atoms with Crippen LogP contribution < -0.4 is 5.32 Å². The average molecular weight is 329 g/mol. The van der Waals surface area contributed by atoms with Gasteiger partial charge in [0.2, 0.25) is 0 Å². The van der Waals surface area contributed by atoms with Gasteiger partial charge in [0, 0.05) is 27.2 Å². The van der Waals surface area contributed by atoms with Crippen LogP contribution in [0.1, 0.15) is 37.1 Å². The van der Waals surface area contributed by atoms with Crippen LogP contribution in [0.3, 0.4) is 0 Å². The Hall–Kier alpha value is -0.730. The SMILES string of the molecule is CC(N[C@@H](C)c1cccc(Cl)c1)c1cc(Cl)ccc1Cl. The molecule has 0 saturated heterocycles. The minimum atomic E-state index is 0.0928. The van der Waals surface area contributed by atoms with Crippen molar-refractivity contribution in [3.05, 3.63) is 68.7 Å². The van der Waals surface area contributed by atoms with Crippen molar-refractivity contribution in [1.29, 1.82) is 0 Å². The molecule has 0 saturated carbocycles. The molecule has 2 aromatic carbocycles. The van der Waals surface area contributed by atoms with E-state index in [9.17, 15) is 0 Å². The van der Waals surface area contributed by atoms with E-state index in [4.69, 9.17) is 34.8 Å². The van der Waals surface area contributed by atoms with Gasteiger partial charge in [-0.3, -0.25) is 0 Å². The highest BCUT2D eigenvalue weighted by Gasteiger charge is 2.14. The van der Waals surface area contributed by atoms with Crippen molar-refractivity contribution >= 4 is 34.8 Å². The molecule has 0 spiro atoms. The molecule has 0 amide bonds. The first-order chi connectivity index (χ1) is 9.47. The molecule has 0 radical (unpaired) electrons. The van der Waals surface area contributed by atoms with Crippen LogP contribution >= 0.6 is 34.8 Å². The summed E-state index contributed by atoms with van der Waals surface area (Å²) in [4.78, 5) is 0. The summed E-state index contributed by atoms with van der Waals surface area (Å²) in [7, 11) is 0. The third-order valence-corrected chi connectivity index (χ3v) is 4.09. The molecule has 0 aromatic heterocycles. The molecule has 0 heterocycles. The van der Waals surface area contributed by atoms with Gasteiger partial charge < -0.3 is 5.32 Å². The molecular formula is C16H16Cl3N. The molecular weight excluding hydrogens is 313 g/mol. The van der Waals surface area contributed by atoms with Crippen LogP contribution in [0.4, 0.5) is 0 Å². The van der Waals surface area contributed by atoms with E-state index in [1.165, 1.54) is 0 Å². The lowest BCUT2D eigenvalue weighted by Gasteiger charge is -2.22. The third-order valence-electron chi connectivity index (χ3n) is 3.27. The Morgan fingerprint density at radius 1 is 0.850 bits per heavy atom. The Morgan fingerprint density at radius 2 is 1.55 bits per heavy atom. The summed E-state index contributed by atoms with van der Waals surface area (Å²) in [6, 6.07) is 13.6. The van der Waals surface area contributed by atoms with Gasteiger partial charge in [-0.05, 0) is 55.3 Å². The summed E-state index contributed by atoms with van der Waals surface area (Å²) in [5, 5.41) is 5.65. The monoisotopic (exact) mass is 327 g/mol. The van der Waals surface area contributed by atoms with Crippen molar-refractivity contribution in [2.75, 3.05) is 0 Å². The first-order valence-corrected chi connectivity index (χ1v) is 7.57. The van der Waals surface area contributed by atoms with E-state index in [0.29, 0.717) is 10.0 Å². The zero-order valence-electron chi connectivity index (χ0n) is 11.3. The van der Waals surface area contributed by atoms with Crippen LogP contribution in [0.5, 0.6) is 0 Å². The summed E-state index contributed by atoms with van der Waals surface area (Å²) < 4.78 is 0. The van der Waals surface area contributed by atoms with Crippen LogP contribution in [-0.4, -0.2) is 0 Å². The van der Waals surface area contributed by atoms with Crippen LogP contribution in [0, 0.1) is 0 Å². The van der Waals surface area contributed by atoms with Gasteiger partial charge in [-0.1, -0.05) is 46.9 Å². The van der Waals surface area contributed by atoms with Gasteiger partial charge in [0.05, 0.1) is 0 Å². The number of halogens is 3. The predicted molar refractivity (Wildman–Crippen MR) is 87.9 cm³/mol. The van der Waals surface area contributed by atoms with Crippen molar-refractivity contribution < 1.29 is 0 Å². The molecule has 4 heteroatoms. The first-order valence-electron chi connectivity index (χ1n) is 6.44. The minimum absolute atomic E-state index is 0.0928. The molecule has 0 aliphatic carbocycles. The maximum Gasteiger partial charge on any atom is 0.0454 e. The molecule has 0 fully saturated rings. The van der Waals surface area contributed by atoms with Gasteiger partial charge in [0.15, 0.2) is 0 Å². The second-order valence-corrected chi connectivity index (χ2v) is 6.11. The van der Waals surface area contributed by atoms with Crippen LogP contribution in [0.25, 0.3) is 0 Å². The molecule has 1 nitrogen and oxygen atoms in total. The Bertz CT molecular complexity index is 598. The molecule has 2 aromatic rings. The quantitative estimate of drug-likeness (QED) is 0.719. The van der Waals surface area contributed by atoms with Gasteiger partial charge in [-0.25, -0.2) is 0 Å². The molecule has 20 heavy (non-hydrogen) atoms. The summed E-state index contributed by atoms with van der Waals surface area (Å²) in [6.07, 6.45) is 0. The summed E-state index contributed by atoms with van der Waals surface area (Å²) in [5.41, 5.74) is 2.13. The number of nitrogens with one attached hydrogen (secondary N) is 1. The Morgan fingerprint density at radius 3 is 2.25 bits per heavy atom. The summed E-state index contributed by atoms with van der Waals surface area (Å²) in [6.45, 7) is 4.17. The van der Waals surface area contributed by atoms with E-state index < -0.39 is 0 Å². The highest BCUT2D eigenvalue weighted by molar-refractivity contribution is 6.33. The fourth-order valence-electron chi connectivity index (χ4n) is 2.18. The van der Waals surface area contributed by atoms with E-state index in [-0.39, 0.29) is 12.1 Å². The summed E-state index contributed by atoms with van der Waals surface area (Å²) >= 11 is 18.3. The minimum Gasteiger partial charge on any atom is -0.304 e. The normalized spacial score (nSPS) is 14.1. The smallest absolute Gasteiger partial charge is 0.0454 e. The van der Waals surface area contributed by atoms with Crippen LogP contribution in [0.2, 0.25) is 15.1 Å². The maximum atomic E-state index is 6.23. The van der Waals surface area contributed by atoms with E-state index in [1.807, 2.05) is 30.3 Å². The highest BCUT2D eigenvalue weighted by atomic mass is 35.5. The van der Waals surface area contributed by atoms with Crippen molar-refractivity contribution in [3.63, 3.8) is 0 Å². The molecule has 0 aliphatic heterocycles. The largest absolute Gasteiger partial charge is 0.304 e. The number of benzene rings is 2. The maximum absolute atomic E-state index is 6.23. The zero-order chi connectivity index (χ0) is 14.7. The molecule has 0 aliphatic rings. The lowest BCUT2D eigenvalue weighted by molar-refractivity contribution is 0.495. The number of rotatable bonds is 4. The molecule has 1 unspecified atom stereocenters. The average Bonchev–Trinajstić information content (AvgIpc) is 2.41. The van der Waals surface area contributed by atoms with Crippen molar-refractivity contribution in [1.82, 2.24) is 5.32 Å². The second kappa shape index (κ2) is 6.82. The molecule has 0 bridgehead atoms. The first kappa shape index (κ1) is 15.7. The third kappa shape index (κ3) is 3.89. The van der Waals surface area contributed by atoms with E-state index >= 15 is 0 Å². The lowest BCUT2D eigenvalue weighted by atomic mass is 10.0. The second-order valence-electron chi connectivity index (χ2n) is 4.83. The van der Waals surface area contributed by atoms with Gasteiger partial charge in [0.25, 0.3) is 0 Å². The molecule has 1 N–H and O–H groups in total. The van der Waals surface area contributed by atoms with Crippen LogP contribution in [0.15, 0.2) is 42.5 Å². The van der Waals surface area contributed by atoms with E-state index in [2.05, 4.69) is 25.2 Å². The molecule has 2 atom stereocenters. The number of hydrogen-bond acceptors (Lipinski definition) is 1. The zero-order valence-corrected chi connectivity index (χ0v) is 13.6. The highest BCUT2D eigenvalue weighted by Crippen LogP contribution is 2.28. The predicted octanol–water partition coefficient (Wildman–Crippen LogP) is 6.06. The lowest BCUT2D eigenvalue weighted by Crippen LogP contribution is -2.22. The fourth-order valence-corrected chi connectivity index (χ4v) is 2.84. The Labute approximate surface area is 134 Å². The standard InChI is InChI=1S/C16H16Cl3N/c1-10(12-4-3-5-13(17)8-12)20-11(2)15-9-14(18)6-7-16(15)19/h3-11,20H,1-2H3/t10-,11?/m0/s1. The van der Waals surface area contributed by atoms with Crippen molar-refractivity contribution in [3.8, 4) is 0 Å². The number of hydrogen-bond donors (Lipinski definition) is 1. The van der Waals surface area contributed by atoms with Gasteiger partial charge >= 0.3 is 0 Å². The Balaban J connectivity index is 2.15.